The number of alkyl halides is 2. The fourth-order valence-corrected chi connectivity index (χ4v) is 3.65. The highest BCUT2D eigenvalue weighted by molar-refractivity contribution is 6.44. The van der Waals surface area contributed by atoms with Crippen molar-refractivity contribution >= 4 is 40.5 Å². The second-order valence-electron chi connectivity index (χ2n) is 6.65. The van der Waals surface area contributed by atoms with Crippen molar-refractivity contribution in [3.63, 3.8) is 0 Å². The number of aromatic nitrogens is 1. The van der Waals surface area contributed by atoms with E-state index in [1.165, 1.54) is 0 Å². The zero-order valence-electron chi connectivity index (χ0n) is 15.8. The van der Waals surface area contributed by atoms with Crippen LogP contribution in [-0.2, 0) is 4.79 Å². The molecular formula is C21H18Cl2N4O2. The number of carbonyl (C=O) groups is 1. The molecule has 1 aliphatic heterocycles. The van der Waals surface area contributed by atoms with Crippen LogP contribution < -0.4 is 10.1 Å². The third-order valence-corrected chi connectivity index (χ3v) is 5.19. The lowest BCUT2D eigenvalue weighted by Crippen LogP contribution is -2.22. The van der Waals surface area contributed by atoms with Crippen molar-refractivity contribution < 1.29 is 9.53 Å². The Labute approximate surface area is 178 Å². The van der Waals surface area contributed by atoms with E-state index in [0.29, 0.717) is 16.9 Å². The maximum atomic E-state index is 13.0. The molecule has 2 heterocycles. The molecule has 0 saturated heterocycles. The van der Waals surface area contributed by atoms with E-state index in [1.54, 1.807) is 48.2 Å². The maximum absolute atomic E-state index is 13.0. The first-order valence-corrected chi connectivity index (χ1v) is 9.81. The first-order chi connectivity index (χ1) is 14.0. The lowest BCUT2D eigenvalue weighted by molar-refractivity contribution is -0.119. The van der Waals surface area contributed by atoms with Gasteiger partial charge < -0.3 is 14.6 Å². The van der Waals surface area contributed by atoms with Gasteiger partial charge in [-0.2, -0.15) is 10.2 Å². The van der Waals surface area contributed by atoms with Gasteiger partial charge in [-0.3, -0.25) is 4.79 Å². The van der Waals surface area contributed by atoms with Crippen molar-refractivity contribution in [1.82, 2.24) is 4.57 Å². The minimum Gasteiger partial charge on any atom is -0.497 e. The lowest BCUT2D eigenvalue weighted by atomic mass is 10.0. The zero-order chi connectivity index (χ0) is 20.5. The summed E-state index contributed by atoms with van der Waals surface area (Å²) >= 11 is 12.4. The number of nitrogens with one attached hydrogen (secondary N) is 1. The van der Waals surface area contributed by atoms with Gasteiger partial charge >= 0.3 is 0 Å². The summed E-state index contributed by atoms with van der Waals surface area (Å²) in [7, 11) is 1.60. The SMILES string of the molecule is COc1ccc(N=N[C@H]2C(=O)Nc3ccc(C)cc3-c3c(C(Cl)Cl)ccn32)cc1. The fourth-order valence-electron chi connectivity index (χ4n) is 3.30. The van der Waals surface area contributed by atoms with Gasteiger partial charge in [-0.25, -0.2) is 0 Å². The van der Waals surface area contributed by atoms with E-state index in [4.69, 9.17) is 27.9 Å². The van der Waals surface area contributed by atoms with E-state index in [9.17, 15) is 4.79 Å². The number of nitrogens with zero attached hydrogens (tertiary/aromatic N) is 3. The van der Waals surface area contributed by atoms with Crippen molar-refractivity contribution in [1.29, 1.82) is 0 Å². The second-order valence-corrected chi connectivity index (χ2v) is 7.75. The molecule has 0 spiro atoms. The van der Waals surface area contributed by atoms with E-state index in [0.717, 1.165) is 22.6 Å². The summed E-state index contributed by atoms with van der Waals surface area (Å²) in [5.74, 6) is 0.420. The monoisotopic (exact) mass is 428 g/mol. The summed E-state index contributed by atoms with van der Waals surface area (Å²) in [6.45, 7) is 1.99. The number of carbonyl (C=O) groups excluding carboxylic acids is 1. The molecule has 0 bridgehead atoms. The molecule has 3 aromatic rings. The van der Waals surface area contributed by atoms with E-state index >= 15 is 0 Å². The molecule has 0 radical (unpaired) electrons. The number of amides is 1. The Morgan fingerprint density at radius 3 is 2.59 bits per heavy atom. The number of azo groups is 1. The third-order valence-electron chi connectivity index (χ3n) is 4.72. The van der Waals surface area contributed by atoms with Crippen LogP contribution in [0.5, 0.6) is 5.75 Å². The van der Waals surface area contributed by atoms with Gasteiger partial charge in [0.25, 0.3) is 5.91 Å². The molecular weight excluding hydrogens is 411 g/mol. The molecule has 1 aliphatic rings. The predicted octanol–water partition coefficient (Wildman–Crippen LogP) is 6.18. The number of ether oxygens (including phenoxy) is 1. The Kier molecular flexibility index (Phi) is 5.30. The van der Waals surface area contributed by atoms with Crippen LogP contribution in [-0.4, -0.2) is 17.6 Å². The first-order valence-electron chi connectivity index (χ1n) is 8.93. The summed E-state index contributed by atoms with van der Waals surface area (Å²) < 4.78 is 6.90. The van der Waals surface area contributed by atoms with Crippen LogP contribution in [0.4, 0.5) is 11.4 Å². The van der Waals surface area contributed by atoms with Crippen LogP contribution in [0.15, 0.2) is 65.0 Å². The van der Waals surface area contributed by atoms with Crippen molar-refractivity contribution in [2.24, 2.45) is 10.2 Å². The summed E-state index contributed by atoms with van der Waals surface area (Å²) in [5.41, 5.74) is 4.63. The van der Waals surface area contributed by atoms with Gasteiger partial charge in [-0.05, 0) is 49.4 Å². The topological polar surface area (TPSA) is 68.0 Å². The van der Waals surface area contributed by atoms with Crippen LogP contribution in [0.3, 0.4) is 0 Å². The highest BCUT2D eigenvalue weighted by Crippen LogP contribution is 2.42. The number of benzene rings is 2. The van der Waals surface area contributed by atoms with Gasteiger partial charge in [-0.1, -0.05) is 34.8 Å². The minimum atomic E-state index is -0.902. The van der Waals surface area contributed by atoms with E-state index < -0.39 is 11.0 Å². The van der Waals surface area contributed by atoms with E-state index in [1.807, 2.05) is 25.1 Å². The van der Waals surface area contributed by atoms with E-state index in [-0.39, 0.29) is 5.91 Å². The Bertz CT molecular complexity index is 1090. The van der Waals surface area contributed by atoms with Crippen molar-refractivity contribution in [2.75, 3.05) is 12.4 Å². The van der Waals surface area contributed by atoms with Crippen molar-refractivity contribution in [3.05, 3.63) is 65.9 Å². The van der Waals surface area contributed by atoms with Gasteiger partial charge in [-0.15, -0.1) is 0 Å². The van der Waals surface area contributed by atoms with Crippen LogP contribution in [0.2, 0.25) is 0 Å². The quantitative estimate of drug-likeness (QED) is 0.397. The summed E-state index contributed by atoms with van der Waals surface area (Å²) in [4.78, 5) is 12.2. The molecule has 0 unspecified atom stereocenters. The smallest absolute Gasteiger partial charge is 0.272 e. The standard InChI is InChI=1S/C21H18Cl2N4O2/c1-12-3-8-17-16(11-12)18-15(19(22)23)9-10-27(18)20(21(28)24-17)26-25-13-4-6-14(29-2)7-5-13/h3-11,19-20H,1-2H3,(H,24,28)/t20-/m1/s1. The molecule has 29 heavy (non-hydrogen) atoms. The highest BCUT2D eigenvalue weighted by Gasteiger charge is 2.31. The predicted molar refractivity (Wildman–Crippen MR) is 114 cm³/mol. The number of aryl methyl sites for hydroxylation is 1. The Balaban J connectivity index is 1.81. The maximum Gasteiger partial charge on any atom is 0.272 e. The number of fused-ring (bicyclic) bond motifs is 3. The molecule has 8 heteroatoms. The molecule has 1 amide bonds. The summed E-state index contributed by atoms with van der Waals surface area (Å²) in [5, 5.41) is 11.5. The Morgan fingerprint density at radius 2 is 1.90 bits per heavy atom. The van der Waals surface area contributed by atoms with Crippen LogP contribution in [0.25, 0.3) is 11.3 Å². The number of halogens is 2. The molecule has 4 rings (SSSR count). The Morgan fingerprint density at radius 1 is 1.14 bits per heavy atom. The van der Waals surface area contributed by atoms with Gasteiger partial charge in [0.1, 0.15) is 10.6 Å². The average molecular weight is 429 g/mol. The van der Waals surface area contributed by atoms with Gasteiger partial charge in [0.05, 0.1) is 24.2 Å². The Hall–Kier alpha value is -2.83. The van der Waals surface area contributed by atoms with Gasteiger partial charge in [0.2, 0.25) is 6.17 Å². The third kappa shape index (κ3) is 3.73. The highest BCUT2D eigenvalue weighted by atomic mass is 35.5. The molecule has 1 aromatic heterocycles. The van der Waals surface area contributed by atoms with Gasteiger partial charge in [0.15, 0.2) is 0 Å². The normalized spacial score (nSPS) is 15.8. The van der Waals surface area contributed by atoms with Crippen LogP contribution in [0, 0.1) is 6.92 Å². The number of anilines is 1. The number of hydrogen-bond donors (Lipinski definition) is 1. The van der Waals surface area contributed by atoms with E-state index in [2.05, 4.69) is 15.5 Å². The molecule has 148 valence electrons. The number of methoxy groups -OCH3 is 1. The van der Waals surface area contributed by atoms with Crippen molar-refractivity contribution in [3.8, 4) is 17.0 Å². The molecule has 6 nitrogen and oxygen atoms in total. The molecule has 1 N–H and O–H groups in total. The molecule has 2 aromatic carbocycles. The number of rotatable bonds is 4. The van der Waals surface area contributed by atoms with Gasteiger partial charge in [0, 0.05) is 17.3 Å². The number of hydrogen-bond acceptors (Lipinski definition) is 4. The average Bonchev–Trinajstić information content (AvgIpc) is 3.10. The summed E-state index contributed by atoms with van der Waals surface area (Å²) in [6.07, 6.45) is 0.859. The zero-order valence-corrected chi connectivity index (χ0v) is 17.3. The molecule has 0 aliphatic carbocycles. The minimum absolute atomic E-state index is 0.297. The molecule has 0 saturated carbocycles. The second kappa shape index (κ2) is 7.89. The largest absolute Gasteiger partial charge is 0.497 e. The summed E-state index contributed by atoms with van der Waals surface area (Å²) in [6, 6.07) is 14.7. The van der Waals surface area contributed by atoms with Crippen LogP contribution in [0.1, 0.15) is 22.1 Å². The first kappa shape index (κ1) is 19.5. The van der Waals surface area contributed by atoms with Crippen LogP contribution >= 0.6 is 23.2 Å². The van der Waals surface area contributed by atoms with Crippen molar-refractivity contribution in [2.45, 2.75) is 17.9 Å². The molecule has 0 fully saturated rings. The molecule has 1 atom stereocenters. The lowest BCUT2D eigenvalue weighted by Gasteiger charge is -2.14. The fraction of sp³-hybridized carbons (Fsp3) is 0.190.